The van der Waals surface area contributed by atoms with Crippen LogP contribution in [-0.4, -0.2) is 91.0 Å². The summed E-state index contributed by atoms with van der Waals surface area (Å²) in [6, 6.07) is -2.77. The van der Waals surface area contributed by atoms with Crippen molar-refractivity contribution in [1.82, 2.24) is 26.6 Å². The Morgan fingerprint density at radius 2 is 1.16 bits per heavy atom. The van der Waals surface area contributed by atoms with Gasteiger partial charge in [0, 0.05) is 13.0 Å². The predicted octanol–water partition coefficient (Wildman–Crippen LogP) is 0.356. The number of unbranched alkanes of at least 4 members (excludes halogenated alkanes) is 9. The van der Waals surface area contributed by atoms with Crippen molar-refractivity contribution in [3.63, 3.8) is 0 Å². The first-order chi connectivity index (χ1) is 21.1. The summed E-state index contributed by atoms with van der Waals surface area (Å²) < 4.78 is 0. The molecule has 0 aliphatic carbocycles. The molecule has 11 N–H and O–H groups in total. The van der Waals surface area contributed by atoms with Gasteiger partial charge in [-0.05, 0) is 78.4 Å². The van der Waals surface area contributed by atoms with Gasteiger partial charge in [0.1, 0.15) is 18.1 Å². The summed E-state index contributed by atoms with van der Waals surface area (Å²) >= 11 is 0. The fraction of sp³-hybridized carbons (Fsp3) is 0.867. The molecule has 0 bridgehead atoms. The molecule has 0 saturated carbocycles. The van der Waals surface area contributed by atoms with Gasteiger partial charge in [-0.3, -0.25) is 19.2 Å². The van der Waals surface area contributed by atoms with E-state index in [1.54, 1.807) is 0 Å². The number of hydrogen-bond donors (Lipinski definition) is 9. The summed E-state index contributed by atoms with van der Waals surface area (Å²) in [7, 11) is -1.75. The summed E-state index contributed by atoms with van der Waals surface area (Å²) in [5.41, 5.74) is 11.2. The lowest BCUT2D eigenvalue weighted by molar-refractivity contribution is -0.133. The van der Waals surface area contributed by atoms with E-state index in [0.29, 0.717) is 51.7 Å². The Morgan fingerprint density at radius 1 is 0.636 bits per heavy atom. The highest BCUT2D eigenvalue weighted by Crippen LogP contribution is 2.08. The molecule has 0 radical (unpaired) electrons. The summed E-state index contributed by atoms with van der Waals surface area (Å²) in [4.78, 5) is 51.4. The van der Waals surface area contributed by atoms with Crippen LogP contribution in [0.3, 0.4) is 0 Å². The van der Waals surface area contributed by atoms with Crippen LogP contribution in [0, 0.1) is 0 Å². The maximum Gasteiger partial charge on any atom is 0.475 e. The molecule has 13 nitrogen and oxygen atoms in total. The normalized spacial score (nSPS) is 13.8. The van der Waals surface area contributed by atoms with Gasteiger partial charge in [-0.1, -0.05) is 51.9 Å². The molecular formula is C30H62BN7O6. The molecule has 4 unspecified atom stereocenters. The van der Waals surface area contributed by atoms with Crippen molar-refractivity contribution in [2.45, 2.75) is 141 Å². The van der Waals surface area contributed by atoms with Crippen molar-refractivity contribution < 1.29 is 29.2 Å². The van der Waals surface area contributed by atoms with Crippen molar-refractivity contribution in [1.29, 1.82) is 0 Å². The molecule has 0 aliphatic rings. The molecule has 0 fully saturated rings. The highest BCUT2D eigenvalue weighted by atomic mass is 16.4. The van der Waals surface area contributed by atoms with E-state index in [-0.39, 0.29) is 18.7 Å². The largest absolute Gasteiger partial charge is 0.475 e. The zero-order chi connectivity index (χ0) is 33.2. The molecule has 14 heteroatoms. The molecule has 0 saturated heterocycles. The first kappa shape index (κ1) is 41.7. The number of nitrogens with one attached hydrogen (secondary N) is 5. The second-order valence-electron chi connectivity index (χ2n) is 11.7. The maximum atomic E-state index is 13.1. The summed E-state index contributed by atoms with van der Waals surface area (Å²) in [6.45, 7) is 7.38. The van der Waals surface area contributed by atoms with Crippen LogP contribution in [0.4, 0.5) is 0 Å². The first-order valence-corrected chi connectivity index (χ1v) is 16.7. The Labute approximate surface area is 265 Å². The average Bonchev–Trinajstić information content (AvgIpc) is 2.98. The van der Waals surface area contributed by atoms with Gasteiger partial charge in [0.05, 0.1) is 5.94 Å². The maximum absolute atomic E-state index is 13.1. The number of carbonyl (C=O) groups excluding carboxylic acids is 4. The van der Waals surface area contributed by atoms with Crippen LogP contribution in [0.2, 0.25) is 0 Å². The smallest absolute Gasteiger partial charge is 0.426 e. The molecule has 0 aromatic rings. The highest BCUT2D eigenvalue weighted by molar-refractivity contribution is 6.43. The van der Waals surface area contributed by atoms with Crippen LogP contribution in [-0.2, 0) is 19.2 Å². The number of nitrogens with two attached hydrogens (primary N) is 2. The second kappa shape index (κ2) is 27.1. The molecule has 0 rings (SSSR count). The molecule has 0 aromatic carbocycles. The van der Waals surface area contributed by atoms with Crippen molar-refractivity contribution in [2.24, 2.45) is 11.5 Å². The van der Waals surface area contributed by atoms with Crippen LogP contribution in [0.1, 0.15) is 117 Å². The van der Waals surface area contributed by atoms with E-state index < -0.39 is 48.9 Å². The minimum absolute atomic E-state index is 0.230. The number of hydrogen-bond acceptors (Lipinski definition) is 9. The van der Waals surface area contributed by atoms with E-state index in [2.05, 4.69) is 33.5 Å². The minimum atomic E-state index is -1.75. The van der Waals surface area contributed by atoms with Gasteiger partial charge in [0.25, 0.3) is 0 Å². The molecule has 0 aromatic heterocycles. The van der Waals surface area contributed by atoms with E-state index >= 15 is 0 Å². The predicted molar refractivity (Wildman–Crippen MR) is 175 cm³/mol. The van der Waals surface area contributed by atoms with Crippen molar-refractivity contribution in [3.05, 3.63) is 0 Å². The van der Waals surface area contributed by atoms with Crippen LogP contribution in [0.15, 0.2) is 0 Å². The summed E-state index contributed by atoms with van der Waals surface area (Å²) in [6.07, 6.45) is 13.3. The molecule has 4 atom stereocenters. The fourth-order valence-electron chi connectivity index (χ4n) is 4.58. The SMILES string of the molecule is CCCCCCCCCCNCCC(=O)NC(CCCCN)C(=O)NC(C)C(=O)NC(CCCCN)C(=O)NC(C)B(O)O. The van der Waals surface area contributed by atoms with Crippen LogP contribution in [0.25, 0.3) is 0 Å². The standard InChI is InChI=1S/C30H62BN7O6/c1-4-5-6-7-8-9-10-15-21-34-22-18-27(39)37-25(16-11-13-19-32)29(41)35-23(2)28(40)38-26(17-12-14-20-33)30(42)36-24(3)31(43)44/h23-26,34,43-44H,4-22,32-33H2,1-3H3,(H,35,41)(H,36,42)(H,37,39)(H,38,40). The van der Waals surface area contributed by atoms with Crippen molar-refractivity contribution >= 4 is 30.7 Å². The van der Waals surface area contributed by atoms with Gasteiger partial charge in [-0.15, -0.1) is 0 Å². The van der Waals surface area contributed by atoms with E-state index in [1.807, 2.05) is 0 Å². The van der Waals surface area contributed by atoms with Gasteiger partial charge in [-0.2, -0.15) is 0 Å². The lowest BCUT2D eigenvalue weighted by Crippen LogP contribution is -2.57. The van der Waals surface area contributed by atoms with E-state index in [0.717, 1.165) is 13.0 Å². The summed E-state index contributed by atoms with van der Waals surface area (Å²) in [5.74, 6) is -2.84. The first-order valence-electron chi connectivity index (χ1n) is 16.7. The Bertz CT molecular complexity index is 793. The number of amides is 4. The second-order valence-corrected chi connectivity index (χ2v) is 11.7. The lowest BCUT2D eigenvalue weighted by atomic mass is 9.81. The van der Waals surface area contributed by atoms with Crippen LogP contribution in [0.5, 0.6) is 0 Å². The zero-order valence-corrected chi connectivity index (χ0v) is 27.5. The average molecular weight is 628 g/mol. The third-order valence-corrected chi connectivity index (χ3v) is 7.48. The van der Waals surface area contributed by atoms with Crippen molar-refractivity contribution in [2.75, 3.05) is 26.2 Å². The van der Waals surface area contributed by atoms with Gasteiger partial charge in [0.2, 0.25) is 23.6 Å². The Morgan fingerprint density at radius 3 is 1.70 bits per heavy atom. The minimum Gasteiger partial charge on any atom is -0.426 e. The van der Waals surface area contributed by atoms with E-state index in [4.69, 9.17) is 11.5 Å². The third-order valence-electron chi connectivity index (χ3n) is 7.48. The molecule has 256 valence electrons. The molecule has 0 heterocycles. The summed E-state index contributed by atoms with van der Waals surface area (Å²) in [5, 5.41) is 32.5. The number of rotatable bonds is 28. The van der Waals surface area contributed by atoms with E-state index in [1.165, 1.54) is 58.8 Å². The van der Waals surface area contributed by atoms with Crippen LogP contribution >= 0.6 is 0 Å². The Hall–Kier alpha value is -2.26. The Balaban J connectivity index is 4.84. The fourth-order valence-corrected chi connectivity index (χ4v) is 4.58. The molecular weight excluding hydrogens is 565 g/mol. The van der Waals surface area contributed by atoms with Gasteiger partial charge in [-0.25, -0.2) is 0 Å². The van der Waals surface area contributed by atoms with Gasteiger partial charge < -0.3 is 48.1 Å². The number of carbonyl (C=O) groups is 4. The molecule has 0 spiro atoms. The van der Waals surface area contributed by atoms with Gasteiger partial charge >= 0.3 is 7.12 Å². The third kappa shape index (κ3) is 21.4. The topological polar surface area (TPSA) is 221 Å². The molecule has 4 amide bonds. The highest BCUT2D eigenvalue weighted by Gasteiger charge is 2.29. The lowest BCUT2D eigenvalue weighted by Gasteiger charge is -2.24. The molecule has 0 aliphatic heterocycles. The zero-order valence-electron chi connectivity index (χ0n) is 27.5. The monoisotopic (exact) mass is 627 g/mol. The van der Waals surface area contributed by atoms with Gasteiger partial charge in [0.15, 0.2) is 0 Å². The van der Waals surface area contributed by atoms with Crippen molar-refractivity contribution in [3.8, 4) is 0 Å². The quantitative estimate of drug-likeness (QED) is 0.0431. The van der Waals surface area contributed by atoms with Crippen LogP contribution < -0.4 is 38.1 Å². The Kier molecular flexibility index (Phi) is 25.7. The van der Waals surface area contributed by atoms with E-state index in [9.17, 15) is 29.2 Å². The molecule has 44 heavy (non-hydrogen) atoms.